The highest BCUT2D eigenvalue weighted by molar-refractivity contribution is 5.78. The summed E-state index contributed by atoms with van der Waals surface area (Å²) >= 11 is 0. The average Bonchev–Trinajstić information content (AvgIpc) is 2.06. The van der Waals surface area contributed by atoms with E-state index >= 15 is 0 Å². The van der Waals surface area contributed by atoms with Crippen LogP contribution in [0.4, 0.5) is 4.39 Å². The summed E-state index contributed by atoms with van der Waals surface area (Å²) in [7, 11) is 0. The lowest BCUT2D eigenvalue weighted by atomic mass is 9.84. The molecule has 1 amide bonds. The van der Waals surface area contributed by atoms with Gasteiger partial charge in [0.05, 0.1) is 0 Å². The number of amides is 1. The van der Waals surface area contributed by atoms with Crippen molar-refractivity contribution in [3.05, 3.63) is 0 Å². The smallest absolute Gasteiger partial charge is 0.222 e. The number of carbonyl (C=O) groups is 1. The molecule has 1 aliphatic heterocycles. The van der Waals surface area contributed by atoms with Gasteiger partial charge in [0.1, 0.15) is 0 Å². The summed E-state index contributed by atoms with van der Waals surface area (Å²) in [5.74, 6) is -0.283. The van der Waals surface area contributed by atoms with E-state index in [4.69, 9.17) is 0 Å². The largest absolute Gasteiger partial charge is 0.326 e. The molecule has 0 aromatic carbocycles. The second kappa shape index (κ2) is 3.04. The van der Waals surface area contributed by atoms with E-state index in [0.717, 1.165) is 6.42 Å². The molecule has 0 saturated carbocycles. The fourth-order valence-electron chi connectivity index (χ4n) is 1.63. The molecule has 1 saturated heterocycles. The number of carbonyl (C=O) groups excluding carboxylic acids is 1. The molecule has 0 bridgehead atoms. The Kier molecular flexibility index (Phi) is 2.40. The molecule has 1 N–H and O–H groups in total. The lowest BCUT2D eigenvalue weighted by Gasteiger charge is -2.22. The van der Waals surface area contributed by atoms with Crippen molar-refractivity contribution in [2.75, 3.05) is 0 Å². The van der Waals surface area contributed by atoms with Gasteiger partial charge in [0, 0.05) is 12.3 Å². The molecular weight excluding hydrogens is 157 g/mol. The molecule has 0 aliphatic carbocycles. The summed E-state index contributed by atoms with van der Waals surface area (Å²) in [6, 6.07) is 0. The monoisotopic (exact) mass is 173 g/mol. The van der Waals surface area contributed by atoms with Crippen molar-refractivity contribution in [2.45, 2.75) is 39.9 Å². The summed E-state index contributed by atoms with van der Waals surface area (Å²) < 4.78 is 13.0. The van der Waals surface area contributed by atoms with E-state index in [9.17, 15) is 9.18 Å². The number of hydrogen-bond acceptors (Lipinski definition) is 1. The SMILES string of the molecule is CC(C)(C)CC1CC(=O)NC1F. The van der Waals surface area contributed by atoms with Crippen molar-refractivity contribution in [1.82, 2.24) is 5.32 Å². The van der Waals surface area contributed by atoms with Gasteiger partial charge in [-0.25, -0.2) is 4.39 Å². The fraction of sp³-hybridized carbons (Fsp3) is 0.889. The van der Waals surface area contributed by atoms with E-state index in [-0.39, 0.29) is 17.2 Å². The van der Waals surface area contributed by atoms with Crippen LogP contribution in [-0.2, 0) is 4.79 Å². The van der Waals surface area contributed by atoms with Gasteiger partial charge in [-0.15, -0.1) is 0 Å². The number of nitrogens with one attached hydrogen (secondary N) is 1. The average molecular weight is 173 g/mol. The molecule has 0 radical (unpaired) electrons. The van der Waals surface area contributed by atoms with Crippen LogP contribution in [0.15, 0.2) is 0 Å². The van der Waals surface area contributed by atoms with Gasteiger partial charge in [0.25, 0.3) is 0 Å². The Morgan fingerprint density at radius 1 is 1.58 bits per heavy atom. The van der Waals surface area contributed by atoms with Crippen LogP contribution in [0.25, 0.3) is 0 Å². The second-order valence-corrected chi connectivity index (χ2v) is 4.70. The Bertz CT molecular complexity index is 185. The van der Waals surface area contributed by atoms with E-state index < -0.39 is 6.30 Å². The Morgan fingerprint density at radius 3 is 2.50 bits per heavy atom. The second-order valence-electron chi connectivity index (χ2n) is 4.70. The van der Waals surface area contributed by atoms with Crippen molar-refractivity contribution < 1.29 is 9.18 Å². The molecule has 70 valence electrons. The maximum absolute atomic E-state index is 13.0. The van der Waals surface area contributed by atoms with Crippen LogP contribution in [0.5, 0.6) is 0 Å². The lowest BCUT2D eigenvalue weighted by Crippen LogP contribution is -2.26. The van der Waals surface area contributed by atoms with Crippen molar-refractivity contribution in [1.29, 1.82) is 0 Å². The first-order valence-electron chi connectivity index (χ1n) is 4.32. The number of rotatable bonds is 1. The molecule has 2 atom stereocenters. The van der Waals surface area contributed by atoms with E-state index in [2.05, 4.69) is 26.1 Å². The maximum atomic E-state index is 13.0. The first kappa shape index (κ1) is 9.49. The van der Waals surface area contributed by atoms with E-state index in [1.807, 2.05) is 0 Å². The van der Waals surface area contributed by atoms with E-state index in [1.54, 1.807) is 0 Å². The summed E-state index contributed by atoms with van der Waals surface area (Å²) in [6.45, 7) is 6.17. The van der Waals surface area contributed by atoms with Crippen LogP contribution in [0.1, 0.15) is 33.6 Å². The molecule has 0 aromatic rings. The zero-order valence-corrected chi connectivity index (χ0v) is 7.86. The standard InChI is InChI=1S/C9H16FNO/c1-9(2,3)5-6-4-7(12)11-8(6)10/h6,8H,4-5H2,1-3H3,(H,11,12). The van der Waals surface area contributed by atoms with Gasteiger partial charge >= 0.3 is 0 Å². The van der Waals surface area contributed by atoms with Gasteiger partial charge in [-0.3, -0.25) is 4.79 Å². The van der Waals surface area contributed by atoms with Gasteiger partial charge in [0.2, 0.25) is 5.91 Å². The molecule has 1 heterocycles. The molecule has 1 rings (SSSR count). The third-order valence-electron chi connectivity index (χ3n) is 2.03. The van der Waals surface area contributed by atoms with Crippen molar-refractivity contribution in [2.24, 2.45) is 11.3 Å². The zero-order chi connectivity index (χ0) is 9.35. The predicted molar refractivity (Wildman–Crippen MR) is 45.2 cm³/mol. The Hall–Kier alpha value is -0.600. The predicted octanol–water partition coefficient (Wildman–Crippen LogP) is 1.85. The van der Waals surface area contributed by atoms with Crippen LogP contribution in [0, 0.1) is 11.3 Å². The van der Waals surface area contributed by atoms with Gasteiger partial charge in [-0.2, -0.15) is 0 Å². The highest BCUT2D eigenvalue weighted by Crippen LogP contribution is 2.31. The summed E-state index contributed by atoms with van der Waals surface area (Å²) in [5, 5.41) is 2.28. The minimum atomic E-state index is -1.13. The topological polar surface area (TPSA) is 29.1 Å². The molecule has 1 aliphatic rings. The minimum Gasteiger partial charge on any atom is -0.326 e. The van der Waals surface area contributed by atoms with Gasteiger partial charge in [-0.05, 0) is 11.8 Å². The molecule has 0 aromatic heterocycles. The molecule has 12 heavy (non-hydrogen) atoms. The third-order valence-corrected chi connectivity index (χ3v) is 2.03. The first-order chi connectivity index (χ1) is 5.38. The molecular formula is C9H16FNO. The Labute approximate surface area is 72.5 Å². The summed E-state index contributed by atoms with van der Waals surface area (Å²) in [5.41, 5.74) is 0.0985. The number of halogens is 1. The van der Waals surface area contributed by atoms with Crippen LogP contribution >= 0.6 is 0 Å². The van der Waals surface area contributed by atoms with E-state index in [1.165, 1.54) is 0 Å². The highest BCUT2D eigenvalue weighted by Gasteiger charge is 2.34. The molecule has 2 unspecified atom stereocenters. The van der Waals surface area contributed by atoms with Gasteiger partial charge in [-0.1, -0.05) is 20.8 Å². The Morgan fingerprint density at radius 2 is 2.17 bits per heavy atom. The normalized spacial score (nSPS) is 30.5. The van der Waals surface area contributed by atoms with Crippen LogP contribution in [-0.4, -0.2) is 12.2 Å². The minimum absolute atomic E-state index is 0.0985. The van der Waals surface area contributed by atoms with Crippen molar-refractivity contribution >= 4 is 5.91 Å². The van der Waals surface area contributed by atoms with E-state index in [0.29, 0.717) is 6.42 Å². The van der Waals surface area contributed by atoms with Gasteiger partial charge < -0.3 is 5.32 Å². The number of hydrogen-bond donors (Lipinski definition) is 1. The third kappa shape index (κ3) is 2.47. The molecule has 0 spiro atoms. The zero-order valence-electron chi connectivity index (χ0n) is 7.86. The maximum Gasteiger partial charge on any atom is 0.222 e. The van der Waals surface area contributed by atoms with Crippen molar-refractivity contribution in [3.8, 4) is 0 Å². The fourth-order valence-corrected chi connectivity index (χ4v) is 1.63. The van der Waals surface area contributed by atoms with Crippen LogP contribution in [0.3, 0.4) is 0 Å². The quantitative estimate of drug-likeness (QED) is 0.602. The molecule has 1 fully saturated rings. The van der Waals surface area contributed by atoms with Gasteiger partial charge in [0.15, 0.2) is 6.30 Å². The van der Waals surface area contributed by atoms with Crippen molar-refractivity contribution in [3.63, 3.8) is 0 Å². The molecule has 2 nitrogen and oxygen atoms in total. The number of alkyl halides is 1. The highest BCUT2D eigenvalue weighted by atomic mass is 19.1. The summed E-state index contributed by atoms with van der Waals surface area (Å²) in [4.78, 5) is 10.8. The lowest BCUT2D eigenvalue weighted by molar-refractivity contribution is -0.119. The first-order valence-corrected chi connectivity index (χ1v) is 4.32. The van der Waals surface area contributed by atoms with Crippen LogP contribution < -0.4 is 5.32 Å². The molecule has 3 heteroatoms. The summed E-state index contributed by atoms with van der Waals surface area (Å²) in [6.07, 6.45) is -0.0255. The Balaban J connectivity index is 2.48. The van der Waals surface area contributed by atoms with Crippen LogP contribution in [0.2, 0.25) is 0 Å².